The summed E-state index contributed by atoms with van der Waals surface area (Å²) in [5.74, 6) is 0.918. The third-order valence-corrected chi connectivity index (χ3v) is 5.91. The van der Waals surface area contributed by atoms with Crippen LogP contribution < -0.4 is 0 Å². The average Bonchev–Trinajstić information content (AvgIpc) is 3.01. The Morgan fingerprint density at radius 1 is 1.00 bits per heavy atom. The Kier molecular flexibility index (Phi) is 4.96. The summed E-state index contributed by atoms with van der Waals surface area (Å²) in [4.78, 5) is 14.4. The molecule has 0 bridgehead atoms. The maximum absolute atomic E-state index is 12.5. The molecule has 1 aliphatic heterocycles. The van der Waals surface area contributed by atoms with Crippen molar-refractivity contribution in [2.75, 3.05) is 19.7 Å². The highest BCUT2D eigenvalue weighted by molar-refractivity contribution is 5.79. The van der Waals surface area contributed by atoms with Gasteiger partial charge in [-0.25, -0.2) is 4.79 Å². The lowest BCUT2D eigenvalue weighted by atomic mass is 9.93. The van der Waals surface area contributed by atoms with E-state index in [1.54, 1.807) is 0 Å². The highest BCUT2D eigenvalue weighted by atomic mass is 16.6. The van der Waals surface area contributed by atoms with Crippen LogP contribution in [0.25, 0.3) is 11.1 Å². The number of benzene rings is 2. The fourth-order valence-electron chi connectivity index (χ4n) is 4.50. The number of nitrogens with zero attached hydrogens (tertiary/aromatic N) is 1. The number of fused-ring (bicyclic) bond motifs is 3. The van der Waals surface area contributed by atoms with E-state index in [1.807, 2.05) is 4.90 Å². The van der Waals surface area contributed by atoms with E-state index in [0.29, 0.717) is 6.61 Å². The van der Waals surface area contributed by atoms with E-state index in [9.17, 15) is 4.79 Å². The highest BCUT2D eigenvalue weighted by Gasteiger charge is 2.30. The maximum atomic E-state index is 12.5. The molecule has 3 nitrogen and oxygen atoms in total. The summed E-state index contributed by atoms with van der Waals surface area (Å²) >= 11 is 0. The maximum Gasteiger partial charge on any atom is 0.409 e. The SMILES string of the molecule is CCCC1CCN(C(=O)OCC2c3ccccc3-c3ccccc32)CC1. The van der Waals surface area contributed by atoms with Gasteiger partial charge in [0.25, 0.3) is 0 Å². The summed E-state index contributed by atoms with van der Waals surface area (Å²) in [6.45, 7) is 4.32. The van der Waals surface area contributed by atoms with Crippen molar-refractivity contribution in [1.29, 1.82) is 0 Å². The lowest BCUT2D eigenvalue weighted by Gasteiger charge is -2.31. The van der Waals surface area contributed by atoms with Crippen molar-refractivity contribution in [3.05, 3.63) is 59.7 Å². The first kappa shape index (κ1) is 17.1. The number of hydrogen-bond acceptors (Lipinski definition) is 2. The Morgan fingerprint density at radius 3 is 2.15 bits per heavy atom. The molecule has 3 heteroatoms. The first-order chi connectivity index (χ1) is 12.8. The van der Waals surface area contributed by atoms with Crippen molar-refractivity contribution in [1.82, 2.24) is 4.90 Å². The number of carbonyl (C=O) groups is 1. The van der Waals surface area contributed by atoms with Crippen molar-refractivity contribution >= 4 is 6.09 Å². The van der Waals surface area contributed by atoms with Crippen molar-refractivity contribution in [3.8, 4) is 11.1 Å². The van der Waals surface area contributed by atoms with E-state index in [0.717, 1.165) is 31.8 Å². The lowest BCUT2D eigenvalue weighted by molar-refractivity contribution is 0.0847. The van der Waals surface area contributed by atoms with Crippen LogP contribution >= 0.6 is 0 Å². The first-order valence-corrected chi connectivity index (χ1v) is 9.88. The summed E-state index contributed by atoms with van der Waals surface area (Å²) in [5.41, 5.74) is 5.07. The van der Waals surface area contributed by atoms with Gasteiger partial charge in [-0.05, 0) is 41.0 Å². The van der Waals surface area contributed by atoms with Gasteiger partial charge in [0.05, 0.1) is 0 Å². The van der Waals surface area contributed by atoms with Crippen molar-refractivity contribution in [2.24, 2.45) is 5.92 Å². The molecular weight excluding hydrogens is 322 g/mol. The summed E-state index contributed by atoms with van der Waals surface area (Å²) in [6.07, 6.45) is 4.58. The largest absolute Gasteiger partial charge is 0.448 e. The molecule has 1 aliphatic carbocycles. The Hall–Kier alpha value is -2.29. The number of likely N-dealkylation sites (tertiary alicyclic amines) is 1. The van der Waals surface area contributed by atoms with E-state index >= 15 is 0 Å². The van der Waals surface area contributed by atoms with Gasteiger partial charge in [0.2, 0.25) is 0 Å². The second-order valence-corrected chi connectivity index (χ2v) is 7.52. The quantitative estimate of drug-likeness (QED) is 0.735. The molecule has 26 heavy (non-hydrogen) atoms. The van der Waals surface area contributed by atoms with Crippen LogP contribution in [0, 0.1) is 5.92 Å². The van der Waals surface area contributed by atoms with Crippen molar-refractivity contribution < 1.29 is 9.53 Å². The van der Waals surface area contributed by atoms with Gasteiger partial charge in [-0.15, -0.1) is 0 Å². The van der Waals surface area contributed by atoms with E-state index in [1.165, 1.54) is 35.1 Å². The third kappa shape index (κ3) is 3.23. The van der Waals surface area contributed by atoms with E-state index in [2.05, 4.69) is 55.5 Å². The van der Waals surface area contributed by atoms with Gasteiger partial charge in [0, 0.05) is 19.0 Å². The molecule has 0 radical (unpaired) electrons. The standard InChI is InChI=1S/C23H27NO2/c1-2-7-17-12-14-24(15-13-17)23(25)26-16-22-20-10-5-3-8-18(20)19-9-4-6-11-21(19)22/h3-6,8-11,17,22H,2,7,12-16H2,1H3. The van der Waals surface area contributed by atoms with Crippen LogP contribution in [-0.2, 0) is 4.74 Å². The monoisotopic (exact) mass is 349 g/mol. The molecule has 1 saturated heterocycles. The molecule has 1 heterocycles. The number of carbonyl (C=O) groups excluding carboxylic acids is 1. The lowest BCUT2D eigenvalue weighted by Crippen LogP contribution is -2.39. The Morgan fingerprint density at radius 2 is 1.58 bits per heavy atom. The Balaban J connectivity index is 1.41. The summed E-state index contributed by atoms with van der Waals surface area (Å²) in [7, 11) is 0. The number of amides is 1. The highest BCUT2D eigenvalue weighted by Crippen LogP contribution is 2.44. The average molecular weight is 349 g/mol. The molecule has 2 aliphatic rings. The topological polar surface area (TPSA) is 29.5 Å². The molecular formula is C23H27NO2. The molecule has 0 saturated carbocycles. The van der Waals surface area contributed by atoms with Gasteiger partial charge in [-0.1, -0.05) is 68.3 Å². The van der Waals surface area contributed by atoms with Crippen LogP contribution in [0.2, 0.25) is 0 Å². The van der Waals surface area contributed by atoms with E-state index in [-0.39, 0.29) is 12.0 Å². The number of hydrogen-bond donors (Lipinski definition) is 0. The van der Waals surface area contributed by atoms with E-state index in [4.69, 9.17) is 4.74 Å². The first-order valence-electron chi connectivity index (χ1n) is 9.88. The fourth-order valence-corrected chi connectivity index (χ4v) is 4.50. The number of ether oxygens (including phenoxy) is 1. The normalized spacial score (nSPS) is 17.0. The molecule has 1 amide bonds. The van der Waals surface area contributed by atoms with Gasteiger partial charge in [0.15, 0.2) is 0 Å². The molecule has 4 rings (SSSR count). The minimum atomic E-state index is -0.151. The predicted molar refractivity (Wildman–Crippen MR) is 104 cm³/mol. The minimum Gasteiger partial charge on any atom is -0.448 e. The molecule has 2 aromatic carbocycles. The van der Waals surface area contributed by atoms with Gasteiger partial charge < -0.3 is 9.64 Å². The summed E-state index contributed by atoms with van der Waals surface area (Å²) in [6, 6.07) is 16.9. The Labute approximate surface area is 156 Å². The van der Waals surface area contributed by atoms with Crippen molar-refractivity contribution in [3.63, 3.8) is 0 Å². The van der Waals surface area contributed by atoms with Crippen LogP contribution in [0.4, 0.5) is 4.79 Å². The van der Waals surface area contributed by atoms with Crippen LogP contribution in [-0.4, -0.2) is 30.7 Å². The van der Waals surface area contributed by atoms with Crippen LogP contribution in [0.1, 0.15) is 49.7 Å². The molecule has 2 aromatic rings. The zero-order chi connectivity index (χ0) is 17.9. The fraction of sp³-hybridized carbons (Fsp3) is 0.435. The number of rotatable bonds is 4. The van der Waals surface area contributed by atoms with E-state index < -0.39 is 0 Å². The smallest absolute Gasteiger partial charge is 0.409 e. The summed E-state index contributed by atoms with van der Waals surface area (Å²) in [5, 5.41) is 0. The molecule has 0 aromatic heterocycles. The van der Waals surface area contributed by atoms with Gasteiger partial charge in [-0.3, -0.25) is 0 Å². The van der Waals surface area contributed by atoms with Crippen LogP contribution in [0.15, 0.2) is 48.5 Å². The Bertz CT molecular complexity index is 732. The zero-order valence-electron chi connectivity index (χ0n) is 15.5. The molecule has 0 N–H and O–H groups in total. The molecule has 1 fully saturated rings. The molecule has 136 valence electrons. The molecule has 0 spiro atoms. The second kappa shape index (κ2) is 7.53. The van der Waals surface area contributed by atoms with Crippen molar-refractivity contribution in [2.45, 2.75) is 38.5 Å². The van der Waals surface area contributed by atoms with Crippen LogP contribution in [0.5, 0.6) is 0 Å². The number of piperidine rings is 1. The third-order valence-electron chi connectivity index (χ3n) is 5.91. The van der Waals surface area contributed by atoms with Gasteiger partial charge in [-0.2, -0.15) is 0 Å². The molecule has 0 atom stereocenters. The summed E-state index contributed by atoms with van der Waals surface area (Å²) < 4.78 is 5.76. The second-order valence-electron chi connectivity index (χ2n) is 7.52. The van der Waals surface area contributed by atoms with Gasteiger partial charge in [0.1, 0.15) is 6.61 Å². The zero-order valence-corrected chi connectivity index (χ0v) is 15.5. The minimum absolute atomic E-state index is 0.143. The molecule has 0 unspecified atom stereocenters. The van der Waals surface area contributed by atoms with Crippen LogP contribution in [0.3, 0.4) is 0 Å². The predicted octanol–water partition coefficient (Wildman–Crippen LogP) is 5.45. The van der Waals surface area contributed by atoms with Gasteiger partial charge >= 0.3 is 6.09 Å².